The fourth-order valence-corrected chi connectivity index (χ4v) is 2.50. The van der Waals surface area contributed by atoms with Crippen molar-refractivity contribution < 1.29 is 18.3 Å². The lowest BCUT2D eigenvalue weighted by Crippen LogP contribution is -2.37. The van der Waals surface area contributed by atoms with Crippen LogP contribution in [0, 0.1) is 5.82 Å². The first-order valence-corrected chi connectivity index (χ1v) is 7.00. The highest BCUT2D eigenvalue weighted by Gasteiger charge is 2.39. The molecule has 1 aromatic heterocycles. The van der Waals surface area contributed by atoms with Crippen LogP contribution in [0.5, 0.6) is 0 Å². The third kappa shape index (κ3) is 3.81. The van der Waals surface area contributed by atoms with Crippen LogP contribution < -0.4 is 0 Å². The van der Waals surface area contributed by atoms with Crippen LogP contribution in [0.15, 0.2) is 12.3 Å². The van der Waals surface area contributed by atoms with Gasteiger partial charge < -0.3 is 4.74 Å². The molecule has 1 saturated heterocycles. The number of hydrogen-bond donors (Lipinski definition) is 0. The number of rotatable bonds is 1. The molecule has 0 unspecified atom stereocenters. The van der Waals surface area contributed by atoms with Gasteiger partial charge in [-0.3, -0.25) is 4.90 Å². The van der Waals surface area contributed by atoms with Crippen LogP contribution in [0.1, 0.15) is 38.8 Å². The van der Waals surface area contributed by atoms with Gasteiger partial charge in [0, 0.05) is 12.0 Å². The van der Waals surface area contributed by atoms with E-state index in [1.807, 2.05) is 0 Å². The van der Waals surface area contributed by atoms with Gasteiger partial charge in [-0.1, -0.05) is 11.6 Å². The predicted octanol–water partition coefficient (Wildman–Crippen LogP) is 3.89. The van der Waals surface area contributed by atoms with Gasteiger partial charge in [-0.2, -0.15) is 0 Å². The van der Waals surface area contributed by atoms with Crippen LogP contribution in [0.2, 0.25) is 5.15 Å². The van der Waals surface area contributed by atoms with Crippen molar-refractivity contribution in [2.75, 3.05) is 6.54 Å². The van der Waals surface area contributed by atoms with Crippen LogP contribution in [-0.4, -0.2) is 34.3 Å². The average molecular weight is 319 g/mol. The highest BCUT2D eigenvalue weighted by molar-refractivity contribution is 6.30. The van der Waals surface area contributed by atoms with E-state index in [0.717, 1.165) is 6.20 Å². The Morgan fingerprint density at radius 1 is 1.52 bits per heavy atom. The van der Waals surface area contributed by atoms with Crippen molar-refractivity contribution in [3.8, 4) is 0 Å². The maximum Gasteiger partial charge on any atom is 0.410 e. The minimum atomic E-state index is -1.21. The summed E-state index contributed by atoms with van der Waals surface area (Å²) >= 11 is 5.95. The number of amides is 1. The van der Waals surface area contributed by atoms with Crippen LogP contribution in [0.25, 0.3) is 0 Å². The zero-order chi connectivity index (χ0) is 15.8. The molecule has 4 nitrogen and oxygen atoms in total. The van der Waals surface area contributed by atoms with E-state index in [-0.39, 0.29) is 18.1 Å². The molecule has 0 bridgehead atoms. The highest BCUT2D eigenvalue weighted by atomic mass is 35.5. The standard InChI is InChI=1S/C14H17ClF2N2O2/c1-14(2,3)21-13(20)19-7-9(17)5-11(19)10-4-8(16)6-18-12(10)15/h4,6,9,11H,5,7H2,1-3H3/t9-,11+/m0/s1. The molecule has 0 spiro atoms. The Bertz CT molecular complexity index is 548. The summed E-state index contributed by atoms with van der Waals surface area (Å²) in [5.41, 5.74) is -0.400. The molecule has 0 aromatic carbocycles. The topological polar surface area (TPSA) is 42.4 Å². The Hall–Kier alpha value is -1.43. The Labute approximate surface area is 127 Å². The van der Waals surface area contributed by atoms with Crippen molar-refractivity contribution in [1.29, 1.82) is 0 Å². The fraction of sp³-hybridized carbons (Fsp3) is 0.571. The number of carbonyl (C=O) groups is 1. The summed E-state index contributed by atoms with van der Waals surface area (Å²) in [5.74, 6) is -0.583. The molecule has 2 rings (SSSR count). The van der Waals surface area contributed by atoms with Gasteiger partial charge in [0.2, 0.25) is 0 Å². The number of aromatic nitrogens is 1. The maximum atomic E-state index is 13.7. The molecule has 1 aliphatic rings. The lowest BCUT2D eigenvalue weighted by atomic mass is 10.1. The van der Waals surface area contributed by atoms with Gasteiger partial charge in [-0.25, -0.2) is 18.6 Å². The van der Waals surface area contributed by atoms with E-state index in [0.29, 0.717) is 5.56 Å². The third-order valence-electron chi connectivity index (χ3n) is 3.07. The molecule has 1 aliphatic heterocycles. The van der Waals surface area contributed by atoms with Crippen molar-refractivity contribution in [2.45, 2.75) is 45.0 Å². The predicted molar refractivity (Wildman–Crippen MR) is 74.4 cm³/mol. The molecule has 1 fully saturated rings. The van der Waals surface area contributed by atoms with Crippen molar-refractivity contribution in [2.24, 2.45) is 0 Å². The van der Waals surface area contributed by atoms with E-state index in [2.05, 4.69) is 4.98 Å². The molecule has 1 amide bonds. The summed E-state index contributed by atoms with van der Waals surface area (Å²) in [6.45, 7) is 5.06. The molecule has 7 heteroatoms. The Morgan fingerprint density at radius 3 is 2.81 bits per heavy atom. The molecule has 2 atom stereocenters. The molecule has 2 heterocycles. The number of halogens is 3. The van der Waals surface area contributed by atoms with Crippen LogP contribution in [-0.2, 0) is 4.74 Å². The zero-order valence-corrected chi connectivity index (χ0v) is 12.8. The van der Waals surface area contributed by atoms with Crippen LogP contribution in [0.3, 0.4) is 0 Å². The summed E-state index contributed by atoms with van der Waals surface area (Å²) in [6.07, 6.45) is -0.829. The van der Waals surface area contributed by atoms with Crippen LogP contribution >= 0.6 is 11.6 Å². The largest absolute Gasteiger partial charge is 0.444 e. The zero-order valence-electron chi connectivity index (χ0n) is 12.1. The van der Waals surface area contributed by atoms with Crippen molar-refractivity contribution in [3.05, 3.63) is 28.8 Å². The van der Waals surface area contributed by atoms with Crippen molar-refractivity contribution in [3.63, 3.8) is 0 Å². The minimum Gasteiger partial charge on any atom is -0.444 e. The molecule has 0 radical (unpaired) electrons. The second-order valence-electron chi connectivity index (χ2n) is 6.02. The molecule has 21 heavy (non-hydrogen) atoms. The molecule has 0 N–H and O–H groups in total. The molecule has 116 valence electrons. The van der Waals surface area contributed by atoms with E-state index in [4.69, 9.17) is 16.3 Å². The first kappa shape index (κ1) is 15.9. The number of pyridine rings is 1. The summed E-state index contributed by atoms with van der Waals surface area (Å²) in [4.78, 5) is 17.1. The van der Waals surface area contributed by atoms with Crippen molar-refractivity contribution >= 4 is 17.7 Å². The van der Waals surface area contributed by atoms with Gasteiger partial charge in [0.1, 0.15) is 22.7 Å². The Morgan fingerprint density at radius 2 is 2.19 bits per heavy atom. The third-order valence-corrected chi connectivity index (χ3v) is 3.39. The second kappa shape index (κ2) is 5.75. The first-order valence-electron chi connectivity index (χ1n) is 6.62. The average Bonchev–Trinajstić information content (AvgIpc) is 2.72. The highest BCUT2D eigenvalue weighted by Crippen LogP contribution is 2.37. The van der Waals surface area contributed by atoms with Gasteiger partial charge in [-0.15, -0.1) is 0 Å². The SMILES string of the molecule is CC(C)(C)OC(=O)N1C[C@@H](F)C[C@@H]1c1cc(F)cnc1Cl. The lowest BCUT2D eigenvalue weighted by Gasteiger charge is -2.28. The van der Waals surface area contributed by atoms with Crippen LogP contribution in [0.4, 0.5) is 13.6 Å². The summed E-state index contributed by atoms with van der Waals surface area (Å²) in [6, 6.07) is 0.501. The van der Waals surface area contributed by atoms with E-state index in [1.54, 1.807) is 20.8 Å². The van der Waals surface area contributed by atoms with Gasteiger partial charge >= 0.3 is 6.09 Å². The number of carbonyl (C=O) groups excluding carboxylic acids is 1. The number of alkyl halides is 1. The number of ether oxygens (including phenoxy) is 1. The smallest absolute Gasteiger partial charge is 0.410 e. The van der Waals surface area contributed by atoms with Crippen molar-refractivity contribution in [1.82, 2.24) is 9.88 Å². The first-order chi connectivity index (χ1) is 9.67. The normalized spacial score (nSPS) is 22.5. The molecule has 1 aromatic rings. The summed E-state index contributed by atoms with van der Waals surface area (Å²) < 4.78 is 32.3. The number of nitrogens with zero attached hydrogens (tertiary/aromatic N) is 2. The van der Waals surface area contributed by atoms with Gasteiger partial charge in [0.15, 0.2) is 0 Å². The molecular formula is C14H17ClF2N2O2. The van der Waals surface area contributed by atoms with E-state index in [9.17, 15) is 13.6 Å². The second-order valence-corrected chi connectivity index (χ2v) is 6.37. The monoisotopic (exact) mass is 318 g/mol. The number of likely N-dealkylation sites (tertiary alicyclic amines) is 1. The van der Waals surface area contributed by atoms with Gasteiger partial charge in [-0.05, 0) is 26.8 Å². The van der Waals surface area contributed by atoms with E-state index >= 15 is 0 Å². The van der Waals surface area contributed by atoms with E-state index in [1.165, 1.54) is 11.0 Å². The molecular weight excluding hydrogens is 302 g/mol. The Kier molecular flexibility index (Phi) is 4.37. The Balaban J connectivity index is 2.28. The van der Waals surface area contributed by atoms with E-state index < -0.39 is 29.7 Å². The quantitative estimate of drug-likeness (QED) is 0.738. The molecule has 0 saturated carbocycles. The summed E-state index contributed by atoms with van der Waals surface area (Å²) in [7, 11) is 0. The maximum absolute atomic E-state index is 13.7. The lowest BCUT2D eigenvalue weighted by molar-refractivity contribution is 0.0216. The fourth-order valence-electron chi connectivity index (χ4n) is 2.27. The number of hydrogen-bond acceptors (Lipinski definition) is 3. The molecule has 0 aliphatic carbocycles. The minimum absolute atomic E-state index is 0.0457. The van der Waals surface area contributed by atoms with Gasteiger partial charge in [0.05, 0.1) is 18.8 Å². The van der Waals surface area contributed by atoms with Gasteiger partial charge in [0.25, 0.3) is 0 Å². The summed E-state index contributed by atoms with van der Waals surface area (Å²) in [5, 5.41) is 0.0593.